The second-order valence-electron chi connectivity index (χ2n) is 7.95. The number of amides is 3. The highest BCUT2D eigenvalue weighted by molar-refractivity contribution is 5.89. The maximum absolute atomic E-state index is 12.4. The van der Waals surface area contributed by atoms with Gasteiger partial charge in [-0.1, -0.05) is 26.7 Å². The minimum absolute atomic E-state index is 0.0102. The van der Waals surface area contributed by atoms with Crippen LogP contribution in [0.3, 0.4) is 0 Å². The van der Waals surface area contributed by atoms with Crippen LogP contribution >= 0.6 is 0 Å². The van der Waals surface area contributed by atoms with Gasteiger partial charge in [0.25, 0.3) is 5.91 Å². The molecule has 1 aliphatic heterocycles. The molecule has 2 aliphatic rings. The van der Waals surface area contributed by atoms with E-state index in [9.17, 15) is 19.2 Å². The quantitative estimate of drug-likeness (QED) is 0.672. The van der Waals surface area contributed by atoms with Crippen LogP contribution in [0.15, 0.2) is 0 Å². The number of rotatable bonds is 6. The molecule has 2 fully saturated rings. The van der Waals surface area contributed by atoms with Crippen LogP contribution in [0.25, 0.3) is 0 Å². The molecule has 1 saturated carbocycles. The Morgan fingerprint density at radius 3 is 2.59 bits per heavy atom. The van der Waals surface area contributed by atoms with E-state index in [1.165, 1.54) is 11.3 Å². The third-order valence-electron chi connectivity index (χ3n) is 5.84. The summed E-state index contributed by atoms with van der Waals surface area (Å²) in [6.07, 6.45) is 3.38. The molecule has 1 aliphatic carbocycles. The lowest BCUT2D eigenvalue weighted by Crippen LogP contribution is -2.45. The molecule has 4 atom stereocenters. The van der Waals surface area contributed by atoms with Gasteiger partial charge >= 0.3 is 5.97 Å². The van der Waals surface area contributed by atoms with Gasteiger partial charge in [0.1, 0.15) is 0 Å². The summed E-state index contributed by atoms with van der Waals surface area (Å²) < 4.78 is 5.06. The standard InChI is InChI=1S/C19H31N3O5/c1-12-6-5-7-15(13(12)2)22-10-14(8-17(22)24)19(26)27-11-16(23)20-9-18(25)21(3)4/h12-15H,5-11H2,1-4H3,(H,20,23)/t12-,13-,14-,15+/m1/s1. The Bertz CT molecular complexity index is 592. The monoisotopic (exact) mass is 381 g/mol. The molecule has 1 heterocycles. The summed E-state index contributed by atoms with van der Waals surface area (Å²) >= 11 is 0. The second kappa shape index (κ2) is 9.19. The highest BCUT2D eigenvalue weighted by atomic mass is 16.5. The van der Waals surface area contributed by atoms with Crippen molar-refractivity contribution in [3.63, 3.8) is 0 Å². The average Bonchev–Trinajstić information content (AvgIpc) is 3.01. The van der Waals surface area contributed by atoms with Gasteiger partial charge in [0, 0.05) is 33.1 Å². The molecule has 0 bridgehead atoms. The second-order valence-corrected chi connectivity index (χ2v) is 7.95. The highest BCUT2D eigenvalue weighted by Gasteiger charge is 2.42. The zero-order valence-electron chi connectivity index (χ0n) is 16.7. The molecular weight excluding hydrogens is 350 g/mol. The van der Waals surface area contributed by atoms with Gasteiger partial charge in [-0.2, -0.15) is 0 Å². The maximum Gasteiger partial charge on any atom is 0.311 e. The topological polar surface area (TPSA) is 96.0 Å². The summed E-state index contributed by atoms with van der Waals surface area (Å²) in [5.41, 5.74) is 0. The van der Waals surface area contributed by atoms with E-state index in [-0.39, 0.29) is 30.8 Å². The van der Waals surface area contributed by atoms with Gasteiger partial charge in [-0.15, -0.1) is 0 Å². The van der Waals surface area contributed by atoms with Crippen molar-refractivity contribution >= 4 is 23.7 Å². The van der Waals surface area contributed by atoms with E-state index >= 15 is 0 Å². The zero-order chi connectivity index (χ0) is 20.1. The first-order valence-corrected chi connectivity index (χ1v) is 9.63. The lowest BCUT2D eigenvalue weighted by atomic mass is 9.77. The summed E-state index contributed by atoms with van der Waals surface area (Å²) in [5, 5.41) is 2.40. The SMILES string of the molecule is C[C@@H]1[C@H](C)CCC[C@@H]1N1C[C@H](C(=O)OCC(=O)NCC(=O)N(C)C)CC1=O. The molecule has 0 aromatic rings. The van der Waals surface area contributed by atoms with Crippen molar-refractivity contribution in [2.75, 3.05) is 33.8 Å². The molecule has 1 saturated heterocycles. The fourth-order valence-electron chi connectivity index (χ4n) is 3.84. The van der Waals surface area contributed by atoms with Crippen LogP contribution in [0.2, 0.25) is 0 Å². The van der Waals surface area contributed by atoms with Crippen molar-refractivity contribution in [3.8, 4) is 0 Å². The molecule has 27 heavy (non-hydrogen) atoms. The summed E-state index contributed by atoms with van der Waals surface area (Å²) in [4.78, 5) is 51.0. The lowest BCUT2D eigenvalue weighted by Gasteiger charge is -2.39. The van der Waals surface area contributed by atoms with Gasteiger partial charge < -0.3 is 19.9 Å². The number of nitrogens with zero attached hydrogens (tertiary/aromatic N) is 2. The van der Waals surface area contributed by atoms with Crippen molar-refractivity contribution in [2.24, 2.45) is 17.8 Å². The minimum Gasteiger partial charge on any atom is -0.455 e. The Hall–Kier alpha value is -2.12. The number of ether oxygens (including phenoxy) is 1. The van der Waals surface area contributed by atoms with Crippen molar-refractivity contribution in [1.82, 2.24) is 15.1 Å². The number of likely N-dealkylation sites (N-methyl/N-ethyl adjacent to an activating group) is 1. The van der Waals surface area contributed by atoms with Crippen molar-refractivity contribution in [1.29, 1.82) is 0 Å². The van der Waals surface area contributed by atoms with Crippen LogP contribution in [0, 0.1) is 17.8 Å². The Kier molecular flexibility index (Phi) is 7.21. The van der Waals surface area contributed by atoms with Crippen LogP contribution in [0.5, 0.6) is 0 Å². The summed E-state index contributed by atoms with van der Waals surface area (Å²) in [6.45, 7) is 4.16. The number of carbonyl (C=O) groups excluding carboxylic acids is 4. The van der Waals surface area contributed by atoms with Gasteiger partial charge in [-0.25, -0.2) is 0 Å². The van der Waals surface area contributed by atoms with E-state index in [1.807, 2.05) is 4.90 Å². The number of hydrogen-bond acceptors (Lipinski definition) is 5. The smallest absolute Gasteiger partial charge is 0.311 e. The Balaban J connectivity index is 1.80. The van der Waals surface area contributed by atoms with Gasteiger partial charge in [-0.05, 0) is 18.3 Å². The van der Waals surface area contributed by atoms with Crippen LogP contribution in [0.4, 0.5) is 0 Å². The fourth-order valence-corrected chi connectivity index (χ4v) is 3.84. The number of hydrogen-bond donors (Lipinski definition) is 1. The van der Waals surface area contributed by atoms with E-state index < -0.39 is 24.4 Å². The normalized spacial score (nSPS) is 28.0. The Labute approximate surface area is 160 Å². The number of nitrogens with one attached hydrogen (secondary N) is 1. The molecule has 3 amide bonds. The first-order valence-electron chi connectivity index (χ1n) is 9.63. The van der Waals surface area contributed by atoms with Gasteiger partial charge in [0.05, 0.1) is 12.5 Å². The molecule has 2 rings (SSSR count). The number of carbonyl (C=O) groups is 4. The fraction of sp³-hybridized carbons (Fsp3) is 0.789. The summed E-state index contributed by atoms with van der Waals surface area (Å²) in [6, 6.07) is 0.180. The molecule has 1 N–H and O–H groups in total. The minimum atomic E-state index is -0.533. The first-order chi connectivity index (χ1) is 12.7. The molecule has 0 aromatic heterocycles. The van der Waals surface area contributed by atoms with E-state index in [2.05, 4.69) is 19.2 Å². The largest absolute Gasteiger partial charge is 0.455 e. The Morgan fingerprint density at radius 2 is 1.93 bits per heavy atom. The zero-order valence-corrected chi connectivity index (χ0v) is 16.7. The third-order valence-corrected chi connectivity index (χ3v) is 5.84. The van der Waals surface area contributed by atoms with Crippen molar-refractivity contribution < 1.29 is 23.9 Å². The molecule has 152 valence electrons. The molecule has 0 radical (unpaired) electrons. The van der Waals surface area contributed by atoms with Crippen LogP contribution in [0.1, 0.15) is 39.5 Å². The van der Waals surface area contributed by atoms with E-state index in [0.29, 0.717) is 18.4 Å². The highest BCUT2D eigenvalue weighted by Crippen LogP contribution is 2.35. The molecule has 8 nitrogen and oxygen atoms in total. The van der Waals surface area contributed by atoms with Crippen LogP contribution in [-0.4, -0.2) is 73.3 Å². The first kappa shape index (κ1) is 21.2. The third kappa shape index (κ3) is 5.43. The van der Waals surface area contributed by atoms with Crippen LogP contribution < -0.4 is 5.32 Å². The van der Waals surface area contributed by atoms with Gasteiger partial charge in [-0.3, -0.25) is 19.2 Å². The Morgan fingerprint density at radius 1 is 1.22 bits per heavy atom. The van der Waals surface area contributed by atoms with Crippen molar-refractivity contribution in [3.05, 3.63) is 0 Å². The van der Waals surface area contributed by atoms with Crippen molar-refractivity contribution in [2.45, 2.75) is 45.6 Å². The molecule has 0 unspecified atom stereocenters. The lowest BCUT2D eigenvalue weighted by molar-refractivity contribution is -0.152. The molecular formula is C19H31N3O5. The molecule has 0 spiro atoms. The predicted octanol–water partition coefficient (Wildman–Crippen LogP) is 0.407. The van der Waals surface area contributed by atoms with Gasteiger partial charge in [0.15, 0.2) is 6.61 Å². The summed E-state index contributed by atoms with van der Waals surface area (Å²) in [5.74, 6) is -0.871. The summed E-state index contributed by atoms with van der Waals surface area (Å²) in [7, 11) is 3.18. The van der Waals surface area contributed by atoms with E-state index in [4.69, 9.17) is 4.74 Å². The molecule has 8 heteroatoms. The predicted molar refractivity (Wildman–Crippen MR) is 98.4 cm³/mol. The maximum atomic E-state index is 12.4. The molecule has 0 aromatic carbocycles. The number of likely N-dealkylation sites (tertiary alicyclic amines) is 1. The van der Waals surface area contributed by atoms with Crippen LogP contribution in [-0.2, 0) is 23.9 Å². The van der Waals surface area contributed by atoms with E-state index in [0.717, 1.165) is 12.8 Å². The van der Waals surface area contributed by atoms with E-state index in [1.54, 1.807) is 14.1 Å². The number of esters is 1. The van der Waals surface area contributed by atoms with Gasteiger partial charge in [0.2, 0.25) is 11.8 Å². The average molecular weight is 381 g/mol.